The van der Waals surface area contributed by atoms with Gasteiger partial charge in [0.2, 0.25) is 0 Å². The average molecular weight is 282 g/mol. The zero-order chi connectivity index (χ0) is 14.8. The van der Waals surface area contributed by atoms with Crippen LogP contribution >= 0.6 is 0 Å². The van der Waals surface area contributed by atoms with Gasteiger partial charge >= 0.3 is 0 Å². The Balaban J connectivity index is 2.16. The maximum absolute atomic E-state index is 6.28. The maximum Gasteiger partial charge on any atom is 0.163 e. The smallest absolute Gasteiger partial charge is 0.163 e. The molecule has 1 saturated carbocycles. The molecule has 1 saturated heterocycles. The van der Waals surface area contributed by atoms with Gasteiger partial charge in [0.1, 0.15) is 6.10 Å². The Morgan fingerprint density at radius 2 is 1.85 bits per heavy atom. The molecule has 2 fully saturated rings. The van der Waals surface area contributed by atoms with Crippen LogP contribution < -0.4 is 0 Å². The van der Waals surface area contributed by atoms with Crippen molar-refractivity contribution >= 4 is 0 Å². The highest BCUT2D eigenvalue weighted by Crippen LogP contribution is 2.40. The van der Waals surface area contributed by atoms with Crippen LogP contribution in [0.25, 0.3) is 0 Å². The Hall–Kier alpha value is -0.380. The Bertz CT molecular complexity index is 320. The molecule has 0 radical (unpaired) electrons. The van der Waals surface area contributed by atoms with E-state index in [2.05, 4.69) is 13.5 Å². The lowest BCUT2D eigenvalue weighted by atomic mass is 9.77. The fraction of sp³-hybridized carbons (Fsp3) is 0.882. The molecule has 0 amide bonds. The topological polar surface area (TPSA) is 27.7 Å². The first-order valence-electron chi connectivity index (χ1n) is 7.99. The Morgan fingerprint density at radius 3 is 2.40 bits per heavy atom. The lowest BCUT2D eigenvalue weighted by Gasteiger charge is -2.49. The number of hydrogen-bond donors (Lipinski definition) is 0. The minimum absolute atomic E-state index is 0.0215. The van der Waals surface area contributed by atoms with Crippen molar-refractivity contribution in [3.05, 3.63) is 12.7 Å². The molecule has 4 atom stereocenters. The third-order valence-corrected chi connectivity index (χ3v) is 4.82. The SMILES string of the molecule is C=C[C@@H](OC)[C@H]1OC(C)(C)O[C@H](C2CCCCC2)[C@H]1C. The normalized spacial score (nSPS) is 36.5. The van der Waals surface area contributed by atoms with E-state index in [4.69, 9.17) is 14.2 Å². The van der Waals surface area contributed by atoms with Crippen LogP contribution in [0.3, 0.4) is 0 Å². The Labute approximate surface area is 123 Å². The predicted octanol–water partition coefficient (Wildman–Crippen LogP) is 3.92. The second kappa shape index (κ2) is 6.59. The van der Waals surface area contributed by atoms with Gasteiger partial charge in [-0.3, -0.25) is 0 Å². The second-order valence-electron chi connectivity index (χ2n) is 6.76. The molecule has 1 aliphatic carbocycles. The van der Waals surface area contributed by atoms with E-state index in [1.807, 2.05) is 19.9 Å². The molecule has 2 rings (SSSR count). The minimum atomic E-state index is -0.543. The van der Waals surface area contributed by atoms with Crippen LogP contribution in [0.1, 0.15) is 52.9 Å². The lowest BCUT2D eigenvalue weighted by molar-refractivity contribution is -0.339. The van der Waals surface area contributed by atoms with Crippen LogP contribution in [0.4, 0.5) is 0 Å². The molecule has 0 N–H and O–H groups in total. The summed E-state index contributed by atoms with van der Waals surface area (Å²) in [4.78, 5) is 0. The van der Waals surface area contributed by atoms with Gasteiger partial charge in [0, 0.05) is 13.0 Å². The average Bonchev–Trinajstić information content (AvgIpc) is 2.44. The molecule has 3 heteroatoms. The molecule has 20 heavy (non-hydrogen) atoms. The molecule has 1 aliphatic heterocycles. The first kappa shape index (κ1) is 16.0. The first-order valence-corrected chi connectivity index (χ1v) is 7.99. The molecule has 0 aromatic carbocycles. The minimum Gasteiger partial charge on any atom is -0.375 e. The molecular weight excluding hydrogens is 252 g/mol. The van der Waals surface area contributed by atoms with E-state index < -0.39 is 5.79 Å². The van der Waals surface area contributed by atoms with Crippen molar-refractivity contribution in [2.45, 2.75) is 77.0 Å². The number of ether oxygens (including phenoxy) is 3. The van der Waals surface area contributed by atoms with E-state index >= 15 is 0 Å². The van der Waals surface area contributed by atoms with Crippen LogP contribution in [0, 0.1) is 11.8 Å². The van der Waals surface area contributed by atoms with Crippen molar-refractivity contribution in [3.8, 4) is 0 Å². The van der Waals surface area contributed by atoms with Crippen molar-refractivity contribution in [1.82, 2.24) is 0 Å². The molecule has 116 valence electrons. The summed E-state index contributed by atoms with van der Waals surface area (Å²) >= 11 is 0. The Kier molecular flexibility index (Phi) is 5.27. The van der Waals surface area contributed by atoms with E-state index in [0.717, 1.165) is 0 Å². The largest absolute Gasteiger partial charge is 0.375 e. The lowest BCUT2D eigenvalue weighted by Crippen LogP contribution is -2.56. The Morgan fingerprint density at radius 1 is 1.20 bits per heavy atom. The third-order valence-electron chi connectivity index (χ3n) is 4.82. The standard InChI is InChI=1S/C17H30O3/c1-6-14(18-5)16-12(2)15(19-17(3,4)20-16)13-10-8-7-9-11-13/h6,12-16H,1,7-11H2,2-5H3/t12-,14-,15+,16+/m1/s1. The summed E-state index contributed by atoms with van der Waals surface area (Å²) in [7, 11) is 1.72. The summed E-state index contributed by atoms with van der Waals surface area (Å²) in [5.41, 5.74) is 0. The highest BCUT2D eigenvalue weighted by atomic mass is 16.7. The summed E-state index contributed by atoms with van der Waals surface area (Å²) in [5.74, 6) is 0.444. The van der Waals surface area contributed by atoms with Gasteiger partial charge in [-0.1, -0.05) is 32.3 Å². The molecule has 0 aromatic heterocycles. The number of hydrogen-bond acceptors (Lipinski definition) is 3. The summed E-state index contributed by atoms with van der Waals surface area (Å²) in [6.45, 7) is 10.1. The van der Waals surface area contributed by atoms with Crippen LogP contribution in [0.2, 0.25) is 0 Å². The van der Waals surface area contributed by atoms with Crippen molar-refractivity contribution < 1.29 is 14.2 Å². The molecule has 0 bridgehead atoms. The van der Waals surface area contributed by atoms with E-state index in [1.165, 1.54) is 32.1 Å². The highest BCUT2D eigenvalue weighted by molar-refractivity contribution is 4.96. The predicted molar refractivity (Wildman–Crippen MR) is 80.6 cm³/mol. The third kappa shape index (κ3) is 3.44. The molecule has 0 unspecified atom stereocenters. The van der Waals surface area contributed by atoms with Crippen LogP contribution in [-0.4, -0.2) is 31.2 Å². The van der Waals surface area contributed by atoms with Crippen molar-refractivity contribution in [2.75, 3.05) is 7.11 Å². The maximum atomic E-state index is 6.28. The zero-order valence-electron chi connectivity index (χ0n) is 13.4. The summed E-state index contributed by atoms with van der Waals surface area (Å²) in [5, 5.41) is 0. The van der Waals surface area contributed by atoms with Crippen molar-refractivity contribution in [3.63, 3.8) is 0 Å². The van der Waals surface area contributed by atoms with Gasteiger partial charge in [0.05, 0.1) is 12.2 Å². The quantitative estimate of drug-likeness (QED) is 0.731. The highest BCUT2D eigenvalue weighted by Gasteiger charge is 2.46. The zero-order valence-corrected chi connectivity index (χ0v) is 13.4. The molecule has 2 aliphatic rings. The summed E-state index contributed by atoms with van der Waals surface area (Å²) in [6.07, 6.45) is 8.66. The monoisotopic (exact) mass is 282 g/mol. The van der Waals surface area contributed by atoms with E-state index in [9.17, 15) is 0 Å². The number of rotatable bonds is 4. The molecule has 1 heterocycles. The van der Waals surface area contributed by atoms with Gasteiger partial charge in [-0.05, 0) is 32.6 Å². The van der Waals surface area contributed by atoms with Gasteiger partial charge in [-0.25, -0.2) is 0 Å². The fourth-order valence-electron chi connectivity index (χ4n) is 3.80. The molecule has 3 nitrogen and oxygen atoms in total. The number of methoxy groups -OCH3 is 1. The molecule has 0 aromatic rings. The van der Waals surface area contributed by atoms with Crippen LogP contribution in [-0.2, 0) is 14.2 Å². The first-order chi connectivity index (χ1) is 9.48. The van der Waals surface area contributed by atoms with Gasteiger partial charge in [-0.15, -0.1) is 6.58 Å². The summed E-state index contributed by atoms with van der Waals surface area (Å²) in [6, 6.07) is 0. The van der Waals surface area contributed by atoms with Gasteiger partial charge in [0.25, 0.3) is 0 Å². The van der Waals surface area contributed by atoms with Gasteiger partial charge in [0.15, 0.2) is 5.79 Å². The fourth-order valence-corrected chi connectivity index (χ4v) is 3.80. The van der Waals surface area contributed by atoms with E-state index in [1.54, 1.807) is 7.11 Å². The second-order valence-corrected chi connectivity index (χ2v) is 6.76. The molecule has 0 spiro atoms. The van der Waals surface area contributed by atoms with Crippen molar-refractivity contribution in [2.24, 2.45) is 11.8 Å². The van der Waals surface area contributed by atoms with Crippen LogP contribution in [0.15, 0.2) is 12.7 Å². The van der Waals surface area contributed by atoms with Crippen molar-refractivity contribution in [1.29, 1.82) is 0 Å². The van der Waals surface area contributed by atoms with Crippen LogP contribution in [0.5, 0.6) is 0 Å². The van der Waals surface area contributed by atoms with Gasteiger partial charge < -0.3 is 14.2 Å². The summed E-state index contributed by atoms with van der Waals surface area (Å²) < 4.78 is 18.0. The van der Waals surface area contributed by atoms with E-state index in [0.29, 0.717) is 11.8 Å². The molecular formula is C17H30O3. The van der Waals surface area contributed by atoms with E-state index in [-0.39, 0.29) is 18.3 Å². The van der Waals surface area contributed by atoms with Gasteiger partial charge in [-0.2, -0.15) is 0 Å².